The number of amides is 2. The number of fused-ring (bicyclic) bond motifs is 1. The van der Waals surface area contributed by atoms with E-state index >= 15 is 0 Å². The van der Waals surface area contributed by atoms with E-state index in [4.69, 9.17) is 9.97 Å². The first-order valence-corrected chi connectivity index (χ1v) is 11.5. The number of rotatable bonds is 4. The Morgan fingerprint density at radius 3 is 2.73 bits per heavy atom. The average Bonchev–Trinajstić information content (AvgIpc) is 3.27. The van der Waals surface area contributed by atoms with Gasteiger partial charge in [-0.1, -0.05) is 30.3 Å². The number of anilines is 1. The molecule has 0 aliphatic carbocycles. The lowest BCUT2D eigenvalue weighted by Gasteiger charge is -2.34. The highest BCUT2D eigenvalue weighted by molar-refractivity contribution is 5.95. The second-order valence-electron chi connectivity index (χ2n) is 8.93. The first kappa shape index (κ1) is 21.3. The molecule has 2 amide bonds. The Hall–Kier alpha value is -3.55. The van der Waals surface area contributed by atoms with Crippen LogP contribution < -0.4 is 4.90 Å². The van der Waals surface area contributed by atoms with Crippen molar-refractivity contribution in [1.82, 2.24) is 24.6 Å². The van der Waals surface area contributed by atoms with Crippen LogP contribution in [0.3, 0.4) is 0 Å². The van der Waals surface area contributed by atoms with Crippen molar-refractivity contribution < 1.29 is 9.59 Å². The number of hydrogen-bond acceptors (Lipinski definition) is 5. The van der Waals surface area contributed by atoms with Crippen molar-refractivity contribution in [2.45, 2.75) is 45.1 Å². The number of aromatic nitrogens is 4. The molecule has 33 heavy (non-hydrogen) atoms. The van der Waals surface area contributed by atoms with Crippen LogP contribution in [0.15, 0.2) is 42.7 Å². The largest absolute Gasteiger partial charge is 0.338 e. The summed E-state index contributed by atoms with van der Waals surface area (Å²) in [5.41, 5.74) is 3.65. The third-order valence-electron chi connectivity index (χ3n) is 6.56. The number of nitrogens with zero attached hydrogens (tertiary/aromatic N) is 6. The van der Waals surface area contributed by atoms with Gasteiger partial charge in [0.2, 0.25) is 5.91 Å². The van der Waals surface area contributed by atoms with Gasteiger partial charge in [0.1, 0.15) is 11.6 Å². The normalized spacial score (nSPS) is 18.4. The maximum absolute atomic E-state index is 13.0. The molecule has 1 saturated heterocycles. The smallest absolute Gasteiger partial charge is 0.257 e. The van der Waals surface area contributed by atoms with Crippen molar-refractivity contribution >= 4 is 17.6 Å². The molecule has 1 fully saturated rings. The molecular formula is C25H28N6O2. The van der Waals surface area contributed by atoms with Crippen LogP contribution in [-0.2, 0) is 24.8 Å². The summed E-state index contributed by atoms with van der Waals surface area (Å²) < 4.78 is 1.64. The second-order valence-corrected chi connectivity index (χ2v) is 8.93. The zero-order chi connectivity index (χ0) is 22.9. The molecule has 0 radical (unpaired) electrons. The number of aryl methyl sites for hydroxylation is 2. The highest BCUT2D eigenvalue weighted by Gasteiger charge is 2.32. The van der Waals surface area contributed by atoms with Gasteiger partial charge in [0.25, 0.3) is 5.91 Å². The maximum Gasteiger partial charge on any atom is 0.257 e. The molecule has 4 heterocycles. The number of carbonyl (C=O) groups is 2. The van der Waals surface area contributed by atoms with E-state index in [-0.39, 0.29) is 17.7 Å². The molecule has 0 unspecified atom stereocenters. The van der Waals surface area contributed by atoms with Crippen LogP contribution in [0.25, 0.3) is 0 Å². The molecule has 2 aliphatic heterocycles. The molecule has 0 N–H and O–H groups in total. The van der Waals surface area contributed by atoms with Crippen molar-refractivity contribution in [3.63, 3.8) is 0 Å². The van der Waals surface area contributed by atoms with E-state index in [0.29, 0.717) is 38.0 Å². The van der Waals surface area contributed by atoms with Gasteiger partial charge in [-0.2, -0.15) is 5.10 Å². The van der Waals surface area contributed by atoms with E-state index in [2.05, 4.69) is 5.10 Å². The Morgan fingerprint density at radius 2 is 1.97 bits per heavy atom. The second kappa shape index (κ2) is 8.77. The zero-order valence-corrected chi connectivity index (χ0v) is 19.1. The lowest BCUT2D eigenvalue weighted by atomic mass is 9.95. The summed E-state index contributed by atoms with van der Waals surface area (Å²) in [7, 11) is 1.81. The zero-order valence-electron chi connectivity index (χ0n) is 19.1. The maximum atomic E-state index is 13.0. The first-order chi connectivity index (χ1) is 16.0. The first-order valence-electron chi connectivity index (χ1n) is 11.5. The third kappa shape index (κ3) is 4.25. The Labute approximate surface area is 193 Å². The number of piperidine rings is 1. The van der Waals surface area contributed by atoms with Gasteiger partial charge in [0, 0.05) is 49.9 Å². The molecule has 2 aliphatic rings. The van der Waals surface area contributed by atoms with Crippen LogP contribution in [0.1, 0.15) is 58.2 Å². The Morgan fingerprint density at radius 1 is 1.15 bits per heavy atom. The van der Waals surface area contributed by atoms with Crippen LogP contribution in [0.2, 0.25) is 0 Å². The average molecular weight is 445 g/mol. The molecule has 3 aromatic rings. The van der Waals surface area contributed by atoms with Crippen molar-refractivity contribution in [3.8, 4) is 0 Å². The summed E-state index contributed by atoms with van der Waals surface area (Å²) >= 11 is 0. The quantitative estimate of drug-likeness (QED) is 0.618. The van der Waals surface area contributed by atoms with E-state index in [1.165, 1.54) is 0 Å². The van der Waals surface area contributed by atoms with Crippen LogP contribution in [0, 0.1) is 6.92 Å². The molecule has 2 aromatic heterocycles. The number of likely N-dealkylation sites (tertiary alicyclic amines) is 1. The molecule has 0 saturated carbocycles. The fourth-order valence-corrected chi connectivity index (χ4v) is 4.80. The predicted octanol–water partition coefficient (Wildman–Crippen LogP) is 3.02. The standard InChI is InChI=1S/C25H28N6O2/c1-17-21-10-11-22(32)31(14-18-7-4-3-5-8-18)24(21)28-23(27-17)19-9-6-12-30(16-19)25(33)20-13-26-29(2)15-20/h3-5,7-8,13,15,19H,6,9-12,14,16H2,1-2H3/t19-/m0/s1. The van der Waals surface area contributed by atoms with Gasteiger partial charge in [-0.05, 0) is 31.7 Å². The van der Waals surface area contributed by atoms with Crippen LogP contribution in [0.4, 0.5) is 5.82 Å². The van der Waals surface area contributed by atoms with Gasteiger partial charge < -0.3 is 4.90 Å². The van der Waals surface area contributed by atoms with Gasteiger partial charge in [-0.25, -0.2) is 9.97 Å². The van der Waals surface area contributed by atoms with E-state index in [9.17, 15) is 9.59 Å². The van der Waals surface area contributed by atoms with Gasteiger partial charge in [0.05, 0.1) is 18.3 Å². The van der Waals surface area contributed by atoms with Crippen molar-refractivity contribution in [2.24, 2.45) is 7.05 Å². The third-order valence-corrected chi connectivity index (χ3v) is 6.56. The highest BCUT2D eigenvalue weighted by atomic mass is 16.2. The van der Waals surface area contributed by atoms with Crippen LogP contribution in [0.5, 0.6) is 0 Å². The summed E-state index contributed by atoms with van der Waals surface area (Å²) in [4.78, 5) is 39.3. The number of benzene rings is 1. The van der Waals surface area contributed by atoms with Crippen LogP contribution >= 0.6 is 0 Å². The van der Waals surface area contributed by atoms with E-state index in [1.54, 1.807) is 22.0 Å². The number of hydrogen-bond donors (Lipinski definition) is 0. The highest BCUT2D eigenvalue weighted by Crippen LogP contribution is 2.33. The molecule has 0 bridgehead atoms. The molecule has 170 valence electrons. The monoisotopic (exact) mass is 444 g/mol. The number of carbonyl (C=O) groups excluding carboxylic acids is 2. The van der Waals surface area contributed by atoms with Crippen molar-refractivity contribution in [2.75, 3.05) is 18.0 Å². The Kier molecular flexibility index (Phi) is 5.66. The topological polar surface area (TPSA) is 84.2 Å². The Balaban J connectivity index is 1.43. The minimum Gasteiger partial charge on any atom is -0.338 e. The molecule has 1 atom stereocenters. The molecule has 5 rings (SSSR count). The SMILES string of the molecule is Cc1nc([C@H]2CCCN(C(=O)c3cnn(C)c3)C2)nc2c1CCC(=O)N2Cc1ccccc1. The summed E-state index contributed by atoms with van der Waals surface area (Å²) in [6.45, 7) is 3.78. The van der Waals surface area contributed by atoms with E-state index in [1.807, 2.05) is 49.2 Å². The van der Waals surface area contributed by atoms with Gasteiger partial charge in [-0.15, -0.1) is 0 Å². The van der Waals surface area contributed by atoms with Crippen molar-refractivity contribution in [3.05, 3.63) is 70.9 Å². The lowest BCUT2D eigenvalue weighted by molar-refractivity contribution is -0.119. The van der Waals surface area contributed by atoms with E-state index in [0.717, 1.165) is 41.3 Å². The fourth-order valence-electron chi connectivity index (χ4n) is 4.80. The van der Waals surface area contributed by atoms with Gasteiger partial charge >= 0.3 is 0 Å². The molecule has 8 heteroatoms. The minimum absolute atomic E-state index is 0.0108. The summed E-state index contributed by atoms with van der Waals surface area (Å²) in [6.07, 6.45) is 6.31. The van der Waals surface area contributed by atoms with Gasteiger partial charge in [-0.3, -0.25) is 19.2 Å². The van der Waals surface area contributed by atoms with E-state index < -0.39 is 0 Å². The fraction of sp³-hybridized carbons (Fsp3) is 0.400. The summed E-state index contributed by atoms with van der Waals surface area (Å²) in [6, 6.07) is 10.00. The molecule has 0 spiro atoms. The summed E-state index contributed by atoms with van der Waals surface area (Å²) in [5.74, 6) is 1.57. The van der Waals surface area contributed by atoms with Crippen LogP contribution in [-0.4, -0.2) is 49.6 Å². The summed E-state index contributed by atoms with van der Waals surface area (Å²) in [5, 5.41) is 4.13. The lowest BCUT2D eigenvalue weighted by Crippen LogP contribution is -2.40. The molecular weight excluding hydrogens is 416 g/mol. The minimum atomic E-state index is -0.0108. The molecule has 1 aromatic carbocycles. The van der Waals surface area contributed by atoms with Crippen molar-refractivity contribution in [1.29, 1.82) is 0 Å². The Bertz CT molecular complexity index is 1190. The predicted molar refractivity (Wildman–Crippen MR) is 124 cm³/mol. The molecule has 8 nitrogen and oxygen atoms in total. The van der Waals surface area contributed by atoms with Gasteiger partial charge in [0.15, 0.2) is 0 Å².